The van der Waals surface area contributed by atoms with Gasteiger partial charge >= 0.3 is 0 Å². The number of amides is 2. The second-order valence-corrected chi connectivity index (χ2v) is 5.99. The van der Waals surface area contributed by atoms with Crippen LogP contribution in [0.2, 0.25) is 0 Å². The van der Waals surface area contributed by atoms with Crippen LogP contribution in [-0.4, -0.2) is 36.3 Å². The van der Waals surface area contributed by atoms with E-state index in [9.17, 15) is 9.59 Å². The van der Waals surface area contributed by atoms with Crippen molar-refractivity contribution in [3.63, 3.8) is 0 Å². The largest absolute Gasteiger partial charge is 0.376 e. The third-order valence-corrected chi connectivity index (χ3v) is 4.26. The van der Waals surface area contributed by atoms with Crippen LogP contribution in [0.1, 0.15) is 22.3 Å². The number of hydrogen-bond donors (Lipinski definition) is 2. The van der Waals surface area contributed by atoms with Gasteiger partial charge < -0.3 is 16.0 Å². The van der Waals surface area contributed by atoms with Gasteiger partial charge in [-0.3, -0.25) is 9.59 Å². The first-order valence-corrected chi connectivity index (χ1v) is 8.29. The van der Waals surface area contributed by atoms with E-state index in [0.717, 1.165) is 24.2 Å². The van der Waals surface area contributed by atoms with Crippen molar-refractivity contribution in [2.45, 2.75) is 6.42 Å². The molecule has 0 saturated carbocycles. The number of nitrogens with two attached hydrogens (primary N) is 1. The Labute approximate surface area is 147 Å². The van der Waals surface area contributed by atoms with Gasteiger partial charge in [0.2, 0.25) is 11.8 Å². The molecule has 0 spiro atoms. The van der Waals surface area contributed by atoms with Crippen LogP contribution >= 0.6 is 0 Å². The molecule has 3 rings (SSSR count). The van der Waals surface area contributed by atoms with Gasteiger partial charge in [-0.05, 0) is 41.8 Å². The van der Waals surface area contributed by atoms with Crippen LogP contribution in [0.3, 0.4) is 0 Å². The standard InChI is InChI=1S/C20H21N3O2/c21-20(25)16-8-10-18(11-9-16)22-13-19(24)23-12-4-7-17(14-23)15-5-2-1-3-6-15/h1-3,5-11,22H,4,12-14H2,(H2,21,25). The summed E-state index contributed by atoms with van der Waals surface area (Å²) in [7, 11) is 0. The summed E-state index contributed by atoms with van der Waals surface area (Å²) in [6.07, 6.45) is 3.07. The van der Waals surface area contributed by atoms with Crippen LogP contribution in [0.5, 0.6) is 0 Å². The maximum Gasteiger partial charge on any atom is 0.248 e. The van der Waals surface area contributed by atoms with Crippen LogP contribution in [0.4, 0.5) is 5.69 Å². The van der Waals surface area contributed by atoms with Crippen molar-refractivity contribution in [1.82, 2.24) is 4.90 Å². The number of carbonyl (C=O) groups is 2. The average molecular weight is 335 g/mol. The minimum Gasteiger partial charge on any atom is -0.376 e. The van der Waals surface area contributed by atoms with Gasteiger partial charge in [-0.25, -0.2) is 0 Å². The van der Waals surface area contributed by atoms with Gasteiger partial charge in [0.25, 0.3) is 0 Å². The molecule has 5 heteroatoms. The number of benzene rings is 2. The zero-order valence-corrected chi connectivity index (χ0v) is 13.9. The Bertz CT molecular complexity index is 782. The molecule has 1 heterocycles. The van der Waals surface area contributed by atoms with E-state index >= 15 is 0 Å². The summed E-state index contributed by atoms with van der Waals surface area (Å²) in [5.74, 6) is -0.406. The van der Waals surface area contributed by atoms with Crippen molar-refractivity contribution in [2.75, 3.05) is 25.0 Å². The molecular weight excluding hydrogens is 314 g/mol. The van der Waals surface area contributed by atoms with E-state index in [4.69, 9.17) is 5.73 Å². The topological polar surface area (TPSA) is 75.4 Å². The Morgan fingerprint density at radius 3 is 2.44 bits per heavy atom. The van der Waals surface area contributed by atoms with Gasteiger partial charge in [-0.2, -0.15) is 0 Å². The summed E-state index contributed by atoms with van der Waals surface area (Å²) in [6.45, 7) is 1.58. The van der Waals surface area contributed by atoms with E-state index < -0.39 is 5.91 Å². The van der Waals surface area contributed by atoms with Gasteiger partial charge in [0, 0.05) is 24.3 Å². The summed E-state index contributed by atoms with van der Waals surface area (Å²) in [5, 5.41) is 3.10. The summed E-state index contributed by atoms with van der Waals surface area (Å²) in [5.41, 5.74) is 8.80. The highest BCUT2D eigenvalue weighted by molar-refractivity contribution is 5.93. The fourth-order valence-electron chi connectivity index (χ4n) is 2.86. The predicted molar refractivity (Wildman–Crippen MR) is 99.1 cm³/mol. The molecule has 1 aliphatic rings. The fraction of sp³-hybridized carbons (Fsp3) is 0.200. The highest BCUT2D eigenvalue weighted by atomic mass is 16.2. The Morgan fingerprint density at radius 2 is 1.76 bits per heavy atom. The van der Waals surface area contributed by atoms with Crippen molar-refractivity contribution >= 4 is 23.1 Å². The van der Waals surface area contributed by atoms with Gasteiger partial charge in [-0.1, -0.05) is 36.4 Å². The van der Waals surface area contributed by atoms with Crippen molar-refractivity contribution in [2.24, 2.45) is 5.73 Å². The van der Waals surface area contributed by atoms with Gasteiger partial charge in [0.15, 0.2) is 0 Å². The first kappa shape index (κ1) is 16.8. The van der Waals surface area contributed by atoms with Gasteiger partial charge in [0.05, 0.1) is 6.54 Å². The molecule has 1 aliphatic heterocycles. The first-order chi connectivity index (χ1) is 12.1. The Kier molecular flexibility index (Phi) is 5.14. The summed E-state index contributed by atoms with van der Waals surface area (Å²) in [4.78, 5) is 25.4. The molecule has 0 aliphatic carbocycles. The molecule has 25 heavy (non-hydrogen) atoms. The second-order valence-electron chi connectivity index (χ2n) is 5.99. The van der Waals surface area contributed by atoms with Crippen LogP contribution in [0.25, 0.3) is 5.57 Å². The molecular formula is C20H21N3O2. The Morgan fingerprint density at radius 1 is 1.04 bits per heavy atom. The highest BCUT2D eigenvalue weighted by Crippen LogP contribution is 2.20. The van der Waals surface area contributed by atoms with E-state index in [1.54, 1.807) is 24.3 Å². The molecule has 0 atom stereocenters. The summed E-state index contributed by atoms with van der Waals surface area (Å²) >= 11 is 0. The van der Waals surface area contributed by atoms with Crippen LogP contribution in [0.15, 0.2) is 60.7 Å². The fourth-order valence-corrected chi connectivity index (χ4v) is 2.86. The van der Waals surface area contributed by atoms with E-state index in [2.05, 4.69) is 23.5 Å². The van der Waals surface area contributed by atoms with Crippen LogP contribution < -0.4 is 11.1 Å². The lowest BCUT2D eigenvalue weighted by molar-refractivity contribution is -0.128. The molecule has 2 aromatic carbocycles. The molecule has 3 N–H and O–H groups in total. The maximum atomic E-state index is 12.5. The van der Waals surface area contributed by atoms with Crippen molar-refractivity contribution in [1.29, 1.82) is 0 Å². The normalized spacial score (nSPS) is 13.9. The summed E-state index contributed by atoms with van der Waals surface area (Å²) < 4.78 is 0. The Balaban J connectivity index is 1.56. The number of nitrogens with zero attached hydrogens (tertiary/aromatic N) is 1. The van der Waals surface area contributed by atoms with Crippen LogP contribution in [0, 0.1) is 0 Å². The van der Waals surface area contributed by atoms with Gasteiger partial charge in [0.1, 0.15) is 0 Å². The number of anilines is 1. The lowest BCUT2D eigenvalue weighted by atomic mass is 10.0. The zero-order valence-electron chi connectivity index (χ0n) is 13.9. The first-order valence-electron chi connectivity index (χ1n) is 8.29. The van der Waals surface area contributed by atoms with Gasteiger partial charge in [-0.15, -0.1) is 0 Å². The lowest BCUT2D eigenvalue weighted by Gasteiger charge is -2.28. The smallest absolute Gasteiger partial charge is 0.248 e. The van der Waals surface area contributed by atoms with Crippen LogP contribution in [-0.2, 0) is 4.79 Å². The highest BCUT2D eigenvalue weighted by Gasteiger charge is 2.18. The third-order valence-electron chi connectivity index (χ3n) is 4.26. The molecule has 2 amide bonds. The van der Waals surface area contributed by atoms with Crippen molar-refractivity contribution < 1.29 is 9.59 Å². The van der Waals surface area contributed by atoms with Crippen molar-refractivity contribution in [3.05, 3.63) is 71.8 Å². The molecule has 0 bridgehead atoms. The number of primary amides is 1. The van der Waals surface area contributed by atoms with E-state index in [1.807, 2.05) is 23.1 Å². The van der Waals surface area contributed by atoms with Crippen molar-refractivity contribution in [3.8, 4) is 0 Å². The molecule has 5 nitrogen and oxygen atoms in total. The number of carbonyl (C=O) groups excluding carboxylic acids is 2. The minimum atomic E-state index is -0.462. The molecule has 128 valence electrons. The third kappa shape index (κ3) is 4.26. The van der Waals surface area contributed by atoms with E-state index in [-0.39, 0.29) is 12.5 Å². The average Bonchev–Trinajstić information content (AvgIpc) is 2.67. The summed E-state index contributed by atoms with van der Waals surface area (Å²) in [6, 6.07) is 16.9. The quantitative estimate of drug-likeness (QED) is 0.881. The van der Waals surface area contributed by atoms with E-state index in [0.29, 0.717) is 12.1 Å². The monoisotopic (exact) mass is 335 g/mol. The maximum absolute atomic E-state index is 12.5. The number of rotatable bonds is 5. The molecule has 0 saturated heterocycles. The molecule has 0 fully saturated rings. The Hall–Kier alpha value is -3.08. The molecule has 0 aromatic heterocycles. The zero-order chi connectivity index (χ0) is 17.6. The SMILES string of the molecule is NC(=O)c1ccc(NCC(=O)N2CCC=C(c3ccccc3)C2)cc1. The second kappa shape index (κ2) is 7.66. The molecule has 2 aromatic rings. The van der Waals surface area contributed by atoms with E-state index in [1.165, 1.54) is 5.57 Å². The molecule has 0 radical (unpaired) electrons. The molecule has 0 unspecified atom stereocenters. The predicted octanol–water partition coefficient (Wildman–Crippen LogP) is 2.51. The number of nitrogens with one attached hydrogen (secondary N) is 1. The lowest BCUT2D eigenvalue weighted by Crippen LogP contribution is -2.39. The minimum absolute atomic E-state index is 0.0560. The number of hydrogen-bond acceptors (Lipinski definition) is 3.